The molecule has 0 unspecified atom stereocenters. The van der Waals surface area contributed by atoms with E-state index in [2.05, 4.69) is 60.9 Å². The molecular formula is C20H25ClN2O4S. The molecule has 0 saturated carbocycles. The summed E-state index contributed by atoms with van der Waals surface area (Å²) in [5.74, 6) is 0. The number of fused-ring (bicyclic) bond motifs is 2. The van der Waals surface area contributed by atoms with E-state index >= 15 is 0 Å². The molecule has 1 aliphatic heterocycles. The Morgan fingerprint density at radius 2 is 1.54 bits per heavy atom. The summed E-state index contributed by atoms with van der Waals surface area (Å²) in [6.45, 7) is 6.81. The number of unbranched alkanes of at least 4 members (excludes halogenated alkanes) is 2. The summed E-state index contributed by atoms with van der Waals surface area (Å²) in [6, 6.07) is 15.1. The van der Waals surface area contributed by atoms with Crippen molar-refractivity contribution in [2.24, 2.45) is 0 Å². The van der Waals surface area contributed by atoms with Gasteiger partial charge in [0.1, 0.15) is 13.1 Å². The molecule has 0 bridgehead atoms. The molecule has 2 aliphatic rings. The van der Waals surface area contributed by atoms with Gasteiger partial charge in [0.2, 0.25) is 5.36 Å². The van der Waals surface area contributed by atoms with Gasteiger partial charge in [0.15, 0.2) is 0 Å². The van der Waals surface area contributed by atoms with E-state index in [0.29, 0.717) is 0 Å². The highest BCUT2D eigenvalue weighted by Crippen LogP contribution is 2.28. The molecule has 0 atom stereocenters. The zero-order valence-electron chi connectivity index (χ0n) is 16.1. The molecule has 8 heteroatoms. The van der Waals surface area contributed by atoms with Gasteiger partial charge < -0.3 is 0 Å². The minimum atomic E-state index is -4.94. The van der Waals surface area contributed by atoms with E-state index in [4.69, 9.17) is 23.6 Å². The third kappa shape index (κ3) is 7.43. The van der Waals surface area contributed by atoms with Gasteiger partial charge in [-0.25, -0.2) is 28.2 Å². The van der Waals surface area contributed by atoms with Crippen molar-refractivity contribution < 1.29 is 28.9 Å². The predicted molar refractivity (Wildman–Crippen MR) is 101 cm³/mol. The summed E-state index contributed by atoms with van der Waals surface area (Å²) in [5, 5.41) is 1.34. The Hall–Kier alpha value is -1.61. The van der Waals surface area contributed by atoms with E-state index < -0.39 is 10.2 Å². The maximum absolute atomic E-state index is 8.49. The Morgan fingerprint density at radius 1 is 0.929 bits per heavy atom. The van der Waals surface area contributed by atoms with Crippen molar-refractivity contribution in [1.82, 2.24) is 9.56 Å². The second-order valence-corrected chi connectivity index (χ2v) is 8.25. The Kier molecular flexibility index (Phi) is 8.75. The standard InChI is InChI=1S/C20H25N2S.ClHO4/c1-3-5-13-22(14-6-4-2)16-11-12-18-20(15-16)23-19-10-8-7-9-17(19)21-18;2-1(3,4)5/h7-12,15H,3-6,13-14H2,1-2H3;(H,2,3,4,5)/q+1;/p-1. The summed E-state index contributed by atoms with van der Waals surface area (Å²) < 4.78 is 37.8. The number of hydrogen-bond donors (Lipinski definition) is 0. The van der Waals surface area contributed by atoms with Crippen LogP contribution in [0.4, 0.5) is 0 Å². The summed E-state index contributed by atoms with van der Waals surface area (Å²) in [7, 11) is -4.94. The molecule has 0 fully saturated rings. The molecule has 1 aromatic rings. The predicted octanol–water partition coefficient (Wildman–Crippen LogP) is 0.0175. The molecule has 0 amide bonds. The molecule has 1 heterocycles. The van der Waals surface area contributed by atoms with Crippen LogP contribution in [0.1, 0.15) is 39.5 Å². The van der Waals surface area contributed by atoms with Crippen LogP contribution in [0.2, 0.25) is 0 Å². The van der Waals surface area contributed by atoms with E-state index in [0.717, 1.165) is 24.3 Å². The lowest BCUT2D eigenvalue weighted by Gasteiger charge is -2.17. The van der Waals surface area contributed by atoms with Crippen LogP contribution in [0.15, 0.2) is 42.5 Å². The number of hydrogen-bond acceptors (Lipinski definition) is 6. The van der Waals surface area contributed by atoms with Gasteiger partial charge in [-0.15, -0.1) is 21.6 Å². The Balaban J connectivity index is 0.000000500. The summed E-state index contributed by atoms with van der Waals surface area (Å²) in [4.78, 5) is 6.07. The minimum absolute atomic E-state index is 1.09. The Morgan fingerprint density at radius 3 is 2.14 bits per heavy atom. The number of nitrogens with zero attached hydrogens (tertiary/aromatic N) is 2. The van der Waals surface area contributed by atoms with E-state index in [9.17, 15) is 0 Å². The average molecular weight is 425 g/mol. The maximum atomic E-state index is 8.49. The smallest absolute Gasteiger partial charge is 0.201 e. The highest BCUT2D eigenvalue weighted by atomic mass is 35.7. The van der Waals surface area contributed by atoms with Crippen molar-refractivity contribution in [3.05, 3.63) is 47.8 Å². The fraction of sp³-hybridized carbons (Fsp3) is 0.400. The number of aromatic nitrogens is 1. The highest BCUT2D eigenvalue weighted by molar-refractivity contribution is 7.21. The van der Waals surface area contributed by atoms with Gasteiger partial charge in [0.05, 0.1) is 20.8 Å². The van der Waals surface area contributed by atoms with Crippen LogP contribution in [-0.2, 0) is 0 Å². The maximum Gasteiger partial charge on any atom is 0.201 e. The lowest BCUT2D eigenvalue weighted by molar-refractivity contribution is -2.00. The number of para-hydroxylation sites is 1. The summed E-state index contributed by atoms with van der Waals surface area (Å²) in [5.41, 5.74) is 2.19. The fourth-order valence-corrected chi connectivity index (χ4v) is 3.83. The van der Waals surface area contributed by atoms with Crippen LogP contribution in [0.3, 0.4) is 0 Å². The molecule has 0 radical (unpaired) electrons. The quantitative estimate of drug-likeness (QED) is 0.409. The first kappa shape index (κ1) is 22.7. The molecule has 1 aliphatic carbocycles. The molecular weight excluding hydrogens is 400 g/mol. The van der Waals surface area contributed by atoms with Crippen molar-refractivity contribution in [3.63, 3.8) is 0 Å². The van der Waals surface area contributed by atoms with Gasteiger partial charge in [-0.1, -0.05) is 38.8 Å². The lowest BCUT2D eigenvalue weighted by Crippen LogP contribution is -2.68. The van der Waals surface area contributed by atoms with Crippen LogP contribution < -0.4 is 28.6 Å². The lowest BCUT2D eigenvalue weighted by atomic mass is 10.2. The minimum Gasteiger partial charge on any atom is -0.246 e. The first-order chi connectivity index (χ1) is 13.3. The SMILES string of the molecule is CCCC[N+](CCCC)=c1ccc2nc3ccccc3sc-2c1.[O-][Cl+3]([O-])([O-])[O-]. The fourth-order valence-electron chi connectivity index (χ4n) is 2.83. The van der Waals surface area contributed by atoms with Gasteiger partial charge in [0, 0.05) is 25.0 Å². The van der Waals surface area contributed by atoms with Gasteiger partial charge in [-0.3, -0.25) is 0 Å². The van der Waals surface area contributed by atoms with Gasteiger partial charge in [-0.05, 0) is 18.2 Å². The normalized spacial score (nSPS) is 11.4. The highest BCUT2D eigenvalue weighted by Gasteiger charge is 2.11. The topological polar surface area (TPSA) is 108 Å². The van der Waals surface area contributed by atoms with Gasteiger partial charge in [0.25, 0.3) is 0 Å². The molecule has 0 aromatic heterocycles. The first-order valence-corrected chi connectivity index (χ1v) is 11.4. The van der Waals surface area contributed by atoms with Crippen molar-refractivity contribution >= 4 is 21.6 Å². The van der Waals surface area contributed by atoms with Crippen LogP contribution in [0.25, 0.3) is 20.8 Å². The van der Waals surface area contributed by atoms with Crippen LogP contribution >= 0.6 is 11.3 Å². The van der Waals surface area contributed by atoms with E-state index in [1.807, 2.05) is 11.3 Å². The van der Waals surface area contributed by atoms with Gasteiger partial charge in [-0.2, -0.15) is 0 Å². The number of benzene rings is 2. The van der Waals surface area contributed by atoms with Gasteiger partial charge >= 0.3 is 0 Å². The first-order valence-electron chi connectivity index (χ1n) is 9.31. The molecule has 1 aromatic carbocycles. The van der Waals surface area contributed by atoms with Crippen molar-refractivity contribution in [3.8, 4) is 10.6 Å². The molecule has 0 spiro atoms. The second-order valence-electron chi connectivity index (χ2n) is 6.41. The number of halogens is 1. The average Bonchev–Trinajstić information content (AvgIpc) is 2.65. The summed E-state index contributed by atoms with van der Waals surface area (Å²) in [6.07, 6.45) is 4.98. The molecule has 6 nitrogen and oxygen atoms in total. The van der Waals surface area contributed by atoms with Crippen LogP contribution in [0, 0.1) is 10.2 Å². The molecule has 0 saturated heterocycles. The monoisotopic (exact) mass is 424 g/mol. The van der Waals surface area contributed by atoms with E-state index in [-0.39, 0.29) is 0 Å². The molecule has 0 N–H and O–H groups in total. The third-order valence-electron chi connectivity index (χ3n) is 4.20. The zero-order chi connectivity index (χ0) is 20.6. The Labute approximate surface area is 171 Å². The van der Waals surface area contributed by atoms with Crippen molar-refractivity contribution in [2.75, 3.05) is 13.1 Å². The summed E-state index contributed by atoms with van der Waals surface area (Å²) >= 11 is 1.84. The molecule has 28 heavy (non-hydrogen) atoms. The van der Waals surface area contributed by atoms with Crippen LogP contribution in [-0.4, -0.2) is 18.1 Å². The third-order valence-corrected chi connectivity index (χ3v) is 5.31. The number of rotatable bonds is 6. The van der Waals surface area contributed by atoms with E-state index in [1.54, 1.807) is 0 Å². The molecule has 152 valence electrons. The molecule has 3 rings (SSSR count). The van der Waals surface area contributed by atoms with E-state index in [1.165, 1.54) is 40.6 Å². The second kappa shape index (κ2) is 10.8. The van der Waals surface area contributed by atoms with Crippen molar-refractivity contribution in [1.29, 1.82) is 0 Å². The Bertz CT molecular complexity index is 908. The van der Waals surface area contributed by atoms with Crippen LogP contribution in [0.5, 0.6) is 0 Å². The zero-order valence-corrected chi connectivity index (χ0v) is 17.7. The largest absolute Gasteiger partial charge is 0.246 e. The van der Waals surface area contributed by atoms with Crippen molar-refractivity contribution in [2.45, 2.75) is 39.5 Å².